The van der Waals surface area contributed by atoms with Crippen LogP contribution in [0.2, 0.25) is 0 Å². The highest BCUT2D eigenvalue weighted by Crippen LogP contribution is 2.59. The molecule has 2 heterocycles. The molecule has 6 heteroatoms. The first-order valence-electron chi connectivity index (χ1n) is 9.33. The summed E-state index contributed by atoms with van der Waals surface area (Å²) in [4.78, 5) is 26.8. The Morgan fingerprint density at radius 1 is 1.15 bits per heavy atom. The number of rotatable bonds is 3. The lowest BCUT2D eigenvalue weighted by Gasteiger charge is -2.42. The first kappa shape index (κ1) is 18.0. The normalized spacial score (nSPS) is 26.5. The number of ether oxygens (including phenoxy) is 1. The zero-order chi connectivity index (χ0) is 18.4. The Morgan fingerprint density at radius 2 is 1.85 bits per heavy atom. The summed E-state index contributed by atoms with van der Waals surface area (Å²) in [7, 11) is 0. The average molecular weight is 422 g/mol. The molecular formula is C20H24BrNO4. The molecule has 2 saturated heterocycles. The fourth-order valence-electron chi connectivity index (χ4n) is 4.84. The number of aliphatic carboxylic acids is 1. The van der Waals surface area contributed by atoms with E-state index in [1.54, 1.807) is 0 Å². The SMILES string of the molecule is O=C(O)[C@@H]1CC12CCN(C(=O)C1(c3cccc(Br)c3)CCOCC1)CC2. The van der Waals surface area contributed by atoms with Crippen molar-refractivity contribution in [1.82, 2.24) is 4.90 Å². The fourth-order valence-corrected chi connectivity index (χ4v) is 5.24. The standard InChI is InChI=1S/C20H24BrNO4/c21-15-3-1-2-14(12-15)20(6-10-26-11-7-20)18(25)22-8-4-19(5-9-22)13-16(19)17(23)24/h1-3,12,16H,4-11,13H2,(H,23,24)/t16-/m0/s1. The van der Waals surface area contributed by atoms with E-state index in [2.05, 4.69) is 22.0 Å². The molecule has 0 radical (unpaired) electrons. The summed E-state index contributed by atoms with van der Waals surface area (Å²) < 4.78 is 6.53. The second-order valence-electron chi connectivity index (χ2n) is 7.95. The Morgan fingerprint density at radius 3 is 2.42 bits per heavy atom. The molecular weight excluding hydrogens is 398 g/mol. The number of likely N-dealkylation sites (tertiary alicyclic amines) is 1. The zero-order valence-corrected chi connectivity index (χ0v) is 16.3. The molecule has 1 saturated carbocycles. The molecule has 4 rings (SSSR count). The van der Waals surface area contributed by atoms with Gasteiger partial charge in [-0.3, -0.25) is 9.59 Å². The summed E-state index contributed by atoms with van der Waals surface area (Å²) in [6.07, 6.45) is 3.78. The van der Waals surface area contributed by atoms with Gasteiger partial charge in [-0.15, -0.1) is 0 Å². The molecule has 1 N–H and O–H groups in total. The van der Waals surface area contributed by atoms with Gasteiger partial charge in [0.1, 0.15) is 0 Å². The molecule has 3 fully saturated rings. The third kappa shape index (κ3) is 2.97. The highest BCUT2D eigenvalue weighted by molar-refractivity contribution is 9.10. The largest absolute Gasteiger partial charge is 0.481 e. The molecule has 0 bridgehead atoms. The Hall–Kier alpha value is -1.40. The predicted octanol–water partition coefficient (Wildman–Crippen LogP) is 3.21. The number of carboxylic acids is 1. The number of halogens is 1. The molecule has 1 aromatic rings. The zero-order valence-electron chi connectivity index (χ0n) is 14.7. The number of carboxylic acid groups (broad SMARTS) is 1. The predicted molar refractivity (Wildman–Crippen MR) is 99.9 cm³/mol. The molecule has 26 heavy (non-hydrogen) atoms. The Kier molecular flexibility index (Phi) is 4.59. The molecule has 1 aromatic carbocycles. The maximum absolute atomic E-state index is 13.6. The molecule has 1 spiro atoms. The molecule has 0 aromatic heterocycles. The van der Waals surface area contributed by atoms with E-state index in [0.29, 0.717) is 39.1 Å². The Bertz CT molecular complexity index is 720. The number of hydrogen-bond donors (Lipinski definition) is 1. The van der Waals surface area contributed by atoms with Crippen LogP contribution in [0.1, 0.15) is 37.7 Å². The minimum Gasteiger partial charge on any atom is -0.481 e. The lowest BCUT2D eigenvalue weighted by molar-refractivity contribution is -0.143. The van der Waals surface area contributed by atoms with Crippen molar-refractivity contribution in [3.8, 4) is 0 Å². The van der Waals surface area contributed by atoms with Crippen molar-refractivity contribution in [3.05, 3.63) is 34.3 Å². The molecule has 2 aliphatic heterocycles. The van der Waals surface area contributed by atoms with Gasteiger partial charge in [0.15, 0.2) is 0 Å². The highest BCUT2D eigenvalue weighted by Gasteiger charge is 2.59. The second kappa shape index (κ2) is 6.64. The third-order valence-corrected chi connectivity index (χ3v) is 7.16. The van der Waals surface area contributed by atoms with Crippen LogP contribution in [0.25, 0.3) is 0 Å². The summed E-state index contributed by atoms with van der Waals surface area (Å²) in [6, 6.07) is 8.05. The van der Waals surface area contributed by atoms with Crippen LogP contribution in [0, 0.1) is 11.3 Å². The summed E-state index contributed by atoms with van der Waals surface area (Å²) >= 11 is 3.53. The van der Waals surface area contributed by atoms with E-state index in [0.717, 1.165) is 29.3 Å². The first-order chi connectivity index (χ1) is 12.5. The number of carbonyl (C=O) groups is 2. The fraction of sp³-hybridized carbons (Fsp3) is 0.600. The summed E-state index contributed by atoms with van der Waals surface area (Å²) in [6.45, 7) is 2.52. The Labute approximate surface area is 161 Å². The lowest BCUT2D eigenvalue weighted by atomic mass is 9.72. The molecule has 0 unspecified atom stereocenters. The smallest absolute Gasteiger partial charge is 0.307 e. The topological polar surface area (TPSA) is 66.8 Å². The van der Waals surface area contributed by atoms with Gasteiger partial charge in [-0.25, -0.2) is 0 Å². The van der Waals surface area contributed by atoms with E-state index >= 15 is 0 Å². The van der Waals surface area contributed by atoms with Crippen LogP contribution in [0.5, 0.6) is 0 Å². The van der Waals surface area contributed by atoms with Crippen LogP contribution in [0.4, 0.5) is 0 Å². The van der Waals surface area contributed by atoms with Crippen LogP contribution in [-0.2, 0) is 19.7 Å². The van der Waals surface area contributed by atoms with Gasteiger partial charge in [-0.1, -0.05) is 28.1 Å². The molecule has 1 aliphatic carbocycles. The van der Waals surface area contributed by atoms with Crippen LogP contribution < -0.4 is 0 Å². The number of benzene rings is 1. The van der Waals surface area contributed by atoms with E-state index in [1.807, 2.05) is 23.1 Å². The lowest BCUT2D eigenvalue weighted by Crippen LogP contribution is -2.52. The second-order valence-corrected chi connectivity index (χ2v) is 8.87. The number of piperidine rings is 1. The van der Waals surface area contributed by atoms with Crippen molar-refractivity contribution in [2.45, 2.75) is 37.5 Å². The maximum atomic E-state index is 13.6. The van der Waals surface area contributed by atoms with Crippen LogP contribution >= 0.6 is 15.9 Å². The van der Waals surface area contributed by atoms with Gasteiger partial charge in [0.25, 0.3) is 0 Å². The van der Waals surface area contributed by atoms with Gasteiger partial charge in [-0.2, -0.15) is 0 Å². The third-order valence-electron chi connectivity index (χ3n) is 6.67. The molecule has 1 atom stereocenters. The van der Waals surface area contributed by atoms with E-state index in [-0.39, 0.29) is 17.2 Å². The minimum atomic E-state index is -0.681. The average Bonchev–Trinajstić information content (AvgIpc) is 3.36. The number of amides is 1. The van der Waals surface area contributed by atoms with Crippen molar-refractivity contribution in [2.24, 2.45) is 11.3 Å². The van der Waals surface area contributed by atoms with Crippen molar-refractivity contribution in [3.63, 3.8) is 0 Å². The van der Waals surface area contributed by atoms with Crippen LogP contribution in [0.15, 0.2) is 28.7 Å². The summed E-state index contributed by atoms with van der Waals surface area (Å²) in [5.41, 5.74) is 0.471. The van der Waals surface area contributed by atoms with E-state index in [4.69, 9.17) is 4.74 Å². The van der Waals surface area contributed by atoms with E-state index in [1.165, 1.54) is 0 Å². The van der Waals surface area contributed by atoms with Crippen molar-refractivity contribution >= 4 is 27.8 Å². The first-order valence-corrected chi connectivity index (χ1v) is 10.1. The monoisotopic (exact) mass is 421 g/mol. The number of carbonyl (C=O) groups excluding carboxylic acids is 1. The molecule has 140 valence electrons. The van der Waals surface area contributed by atoms with Crippen LogP contribution in [0.3, 0.4) is 0 Å². The maximum Gasteiger partial charge on any atom is 0.307 e. The summed E-state index contributed by atoms with van der Waals surface area (Å²) in [5.74, 6) is -0.706. The Balaban J connectivity index is 1.54. The van der Waals surface area contributed by atoms with Gasteiger partial charge in [0.2, 0.25) is 5.91 Å². The van der Waals surface area contributed by atoms with Crippen molar-refractivity contribution in [1.29, 1.82) is 0 Å². The summed E-state index contributed by atoms with van der Waals surface area (Å²) in [5, 5.41) is 9.27. The number of hydrogen-bond acceptors (Lipinski definition) is 3. The van der Waals surface area contributed by atoms with Crippen LogP contribution in [-0.4, -0.2) is 48.2 Å². The van der Waals surface area contributed by atoms with E-state index in [9.17, 15) is 14.7 Å². The van der Waals surface area contributed by atoms with Crippen molar-refractivity contribution in [2.75, 3.05) is 26.3 Å². The molecule has 1 amide bonds. The van der Waals surface area contributed by atoms with Gasteiger partial charge in [-0.05, 0) is 55.2 Å². The van der Waals surface area contributed by atoms with Gasteiger partial charge >= 0.3 is 5.97 Å². The number of nitrogens with zero attached hydrogens (tertiary/aromatic N) is 1. The quantitative estimate of drug-likeness (QED) is 0.813. The van der Waals surface area contributed by atoms with E-state index < -0.39 is 11.4 Å². The van der Waals surface area contributed by atoms with Gasteiger partial charge in [0, 0.05) is 30.8 Å². The minimum absolute atomic E-state index is 0.0543. The van der Waals surface area contributed by atoms with Crippen molar-refractivity contribution < 1.29 is 19.4 Å². The molecule has 5 nitrogen and oxygen atoms in total. The van der Waals surface area contributed by atoms with Gasteiger partial charge < -0.3 is 14.7 Å². The highest BCUT2D eigenvalue weighted by atomic mass is 79.9. The van der Waals surface area contributed by atoms with Gasteiger partial charge in [0.05, 0.1) is 11.3 Å². The molecule has 3 aliphatic rings.